The van der Waals surface area contributed by atoms with E-state index in [-0.39, 0.29) is 22.9 Å². The second-order valence-corrected chi connectivity index (χ2v) is 15.2. The Morgan fingerprint density at radius 1 is 0.443 bits per heavy atom. The van der Waals surface area contributed by atoms with Gasteiger partial charge in [-0.2, -0.15) is 0 Å². The summed E-state index contributed by atoms with van der Waals surface area (Å²) in [6.45, 7) is 8.53. The fourth-order valence-electron chi connectivity index (χ4n) is 7.46. The first kappa shape index (κ1) is 41.3. The molecule has 0 atom stereocenters. The lowest BCUT2D eigenvalue weighted by atomic mass is 9.89. The molecule has 8 rings (SSSR count). The lowest BCUT2D eigenvalue weighted by Gasteiger charge is -2.15. The molecule has 0 heterocycles. The lowest BCUT2D eigenvalue weighted by molar-refractivity contribution is 0.0686. The summed E-state index contributed by atoms with van der Waals surface area (Å²) in [4.78, 5) is 47.7. The van der Waals surface area contributed by atoms with Crippen molar-refractivity contribution in [3.8, 4) is 22.3 Å². The molecule has 8 aromatic carbocycles. The number of hydrogen-bond acceptors (Lipinski definition) is 4. The highest BCUT2D eigenvalue weighted by molar-refractivity contribution is 6.10. The Kier molecular flexibility index (Phi) is 12.2. The highest BCUT2D eigenvalue weighted by Gasteiger charge is 2.15. The number of aryl methyl sites for hydroxylation is 2. The molecule has 8 heteroatoms. The molecule has 8 aromatic rings. The minimum absolute atomic E-state index is 0.178. The van der Waals surface area contributed by atoms with Gasteiger partial charge < -0.3 is 20.8 Å². The smallest absolute Gasteiger partial charge is 0.335 e. The number of carboxylic acid groups (broad SMARTS) is 2. The van der Waals surface area contributed by atoms with Crippen molar-refractivity contribution in [2.75, 3.05) is 10.6 Å². The maximum atomic E-state index is 12.9. The van der Waals surface area contributed by atoms with Gasteiger partial charge in [-0.3, -0.25) is 9.59 Å². The lowest BCUT2D eigenvalue weighted by Crippen LogP contribution is -2.12. The number of nitrogens with one attached hydrogen (secondary N) is 2. The van der Waals surface area contributed by atoms with Crippen LogP contribution in [0.15, 0.2) is 164 Å². The first-order chi connectivity index (χ1) is 29.4. The van der Waals surface area contributed by atoms with E-state index in [0.29, 0.717) is 28.4 Å². The van der Waals surface area contributed by atoms with Crippen molar-refractivity contribution in [2.45, 2.75) is 33.6 Å². The van der Waals surface area contributed by atoms with E-state index in [0.717, 1.165) is 38.2 Å². The summed E-state index contributed by atoms with van der Waals surface area (Å²) < 4.78 is 0. The van der Waals surface area contributed by atoms with Gasteiger partial charge in [-0.05, 0) is 147 Å². The van der Waals surface area contributed by atoms with Gasteiger partial charge in [0, 0.05) is 22.5 Å². The van der Waals surface area contributed by atoms with E-state index in [1.54, 1.807) is 36.4 Å². The topological polar surface area (TPSA) is 133 Å². The van der Waals surface area contributed by atoms with Gasteiger partial charge in [-0.15, -0.1) is 0 Å². The monoisotopic (exact) mass is 804 g/mol. The fraction of sp³-hybridized carbons (Fsp3) is 0.0943. The van der Waals surface area contributed by atoms with Crippen LogP contribution in [-0.2, 0) is 0 Å². The third-order valence-electron chi connectivity index (χ3n) is 10.6. The Morgan fingerprint density at radius 3 is 1.34 bits per heavy atom. The van der Waals surface area contributed by atoms with Crippen LogP contribution in [0.4, 0.5) is 11.4 Å². The molecule has 302 valence electrons. The zero-order valence-corrected chi connectivity index (χ0v) is 34.2. The molecule has 0 saturated heterocycles. The molecule has 2 amide bonds. The van der Waals surface area contributed by atoms with Crippen molar-refractivity contribution in [3.05, 3.63) is 203 Å². The van der Waals surface area contributed by atoms with Crippen LogP contribution in [0.3, 0.4) is 0 Å². The molecule has 0 aliphatic rings. The van der Waals surface area contributed by atoms with Crippen LogP contribution in [0.25, 0.3) is 43.8 Å². The number of carbonyl (C=O) groups is 4. The number of rotatable bonds is 9. The van der Waals surface area contributed by atoms with Crippen LogP contribution in [0, 0.1) is 13.8 Å². The number of benzene rings is 8. The van der Waals surface area contributed by atoms with E-state index >= 15 is 0 Å². The average molecular weight is 805 g/mol. The summed E-state index contributed by atoms with van der Waals surface area (Å²) in [5.41, 5.74) is 10.7. The molecule has 0 saturated carbocycles. The largest absolute Gasteiger partial charge is 0.478 e. The molecule has 61 heavy (non-hydrogen) atoms. The first-order valence-corrected chi connectivity index (χ1v) is 19.9. The number of hydrogen-bond donors (Lipinski definition) is 4. The number of carboxylic acids is 2. The highest BCUT2D eigenvalue weighted by Crippen LogP contribution is 2.35. The van der Waals surface area contributed by atoms with Crippen molar-refractivity contribution in [2.24, 2.45) is 0 Å². The van der Waals surface area contributed by atoms with Gasteiger partial charge in [0.1, 0.15) is 0 Å². The number of amides is 2. The van der Waals surface area contributed by atoms with E-state index in [2.05, 4.69) is 86.9 Å². The minimum Gasteiger partial charge on any atom is -0.478 e. The second kappa shape index (κ2) is 18.0. The summed E-state index contributed by atoms with van der Waals surface area (Å²) in [7, 11) is 0. The van der Waals surface area contributed by atoms with Crippen molar-refractivity contribution >= 4 is 56.7 Å². The summed E-state index contributed by atoms with van der Waals surface area (Å²) in [5.74, 6) is -2.10. The molecule has 0 spiro atoms. The molecule has 4 N–H and O–H groups in total. The molecule has 8 nitrogen and oxygen atoms in total. The van der Waals surface area contributed by atoms with Crippen molar-refractivity contribution in [1.82, 2.24) is 0 Å². The molecular formula is C53H44N2O6. The summed E-state index contributed by atoms with van der Waals surface area (Å²) in [6.07, 6.45) is 0. The SMILES string of the molecule is CC(C)c1ccccc1-c1cccc2ccc(C(=O)Nc3ccc(C(=O)O)cc3)cc12.Cc1ccc(-c2cccc3ccc(C(=O)Nc4ccc(C(=O)O)cc4)cc23)c(C)c1. The maximum Gasteiger partial charge on any atom is 0.335 e. The Morgan fingerprint density at radius 2 is 0.885 bits per heavy atom. The fourth-order valence-corrected chi connectivity index (χ4v) is 7.46. The Balaban J connectivity index is 0.000000184. The van der Waals surface area contributed by atoms with Crippen LogP contribution in [0.1, 0.15) is 77.9 Å². The number of carbonyl (C=O) groups excluding carboxylic acids is 2. The highest BCUT2D eigenvalue weighted by atomic mass is 16.4. The van der Waals surface area contributed by atoms with Crippen molar-refractivity contribution in [3.63, 3.8) is 0 Å². The van der Waals surface area contributed by atoms with Gasteiger partial charge in [0.2, 0.25) is 0 Å². The first-order valence-electron chi connectivity index (χ1n) is 19.9. The number of aromatic carboxylic acids is 2. The minimum atomic E-state index is -0.999. The molecule has 0 fully saturated rings. The molecule has 0 aromatic heterocycles. The normalized spacial score (nSPS) is 10.8. The standard InChI is InChI=1S/C27H23NO3.C26H21NO3/c1-17(2)22-7-3-4-8-23(22)24-9-5-6-18-10-11-20(16-25(18)24)26(29)28-21-14-12-19(13-15-21)27(30)31;1-16-6-13-22(17(2)14-16)23-5-3-4-18-7-8-20(15-24(18)23)25(28)27-21-11-9-19(10-12-21)26(29)30/h3-17H,1-2H3,(H,28,29)(H,30,31);3-15H,1-2H3,(H,27,28)(H,29,30). The zero-order valence-electron chi connectivity index (χ0n) is 34.2. The maximum absolute atomic E-state index is 12.9. The van der Waals surface area contributed by atoms with E-state index in [1.165, 1.54) is 46.5 Å². The van der Waals surface area contributed by atoms with Crippen molar-refractivity contribution < 1.29 is 29.4 Å². The van der Waals surface area contributed by atoms with Crippen LogP contribution < -0.4 is 10.6 Å². The van der Waals surface area contributed by atoms with Gasteiger partial charge in [0.15, 0.2) is 0 Å². The number of anilines is 2. The van der Waals surface area contributed by atoms with Crippen LogP contribution in [-0.4, -0.2) is 34.0 Å². The van der Waals surface area contributed by atoms with E-state index in [1.807, 2.05) is 54.6 Å². The zero-order chi connectivity index (χ0) is 43.2. The van der Waals surface area contributed by atoms with Gasteiger partial charge in [-0.1, -0.05) is 110 Å². The van der Waals surface area contributed by atoms with E-state index < -0.39 is 11.9 Å². The van der Waals surface area contributed by atoms with Crippen LogP contribution >= 0.6 is 0 Å². The molecule has 0 radical (unpaired) electrons. The average Bonchev–Trinajstić information content (AvgIpc) is 3.26. The summed E-state index contributed by atoms with van der Waals surface area (Å²) in [6, 6.07) is 50.6. The van der Waals surface area contributed by atoms with E-state index in [4.69, 9.17) is 10.2 Å². The van der Waals surface area contributed by atoms with Gasteiger partial charge in [0.25, 0.3) is 11.8 Å². The quantitative estimate of drug-likeness (QED) is 0.115. The van der Waals surface area contributed by atoms with Crippen molar-refractivity contribution in [1.29, 1.82) is 0 Å². The van der Waals surface area contributed by atoms with Crippen LogP contribution in [0.2, 0.25) is 0 Å². The Hall–Kier alpha value is -7.84. The molecule has 0 aliphatic heterocycles. The van der Waals surface area contributed by atoms with Gasteiger partial charge >= 0.3 is 11.9 Å². The Bertz CT molecular complexity index is 2950. The molecule has 0 bridgehead atoms. The Labute approximate surface area is 354 Å². The summed E-state index contributed by atoms with van der Waals surface area (Å²) in [5, 5.41) is 27.9. The third-order valence-corrected chi connectivity index (χ3v) is 10.6. The second-order valence-electron chi connectivity index (χ2n) is 15.2. The number of fused-ring (bicyclic) bond motifs is 2. The van der Waals surface area contributed by atoms with Crippen LogP contribution in [0.5, 0.6) is 0 Å². The summed E-state index contributed by atoms with van der Waals surface area (Å²) >= 11 is 0. The van der Waals surface area contributed by atoms with Gasteiger partial charge in [0.05, 0.1) is 11.1 Å². The predicted molar refractivity (Wildman–Crippen MR) is 245 cm³/mol. The van der Waals surface area contributed by atoms with Gasteiger partial charge in [-0.25, -0.2) is 9.59 Å². The predicted octanol–water partition coefficient (Wildman–Crippen LogP) is 12.7. The molecule has 0 unspecified atom stereocenters. The third kappa shape index (κ3) is 9.40. The molecular weight excluding hydrogens is 761 g/mol. The van der Waals surface area contributed by atoms with E-state index in [9.17, 15) is 19.2 Å². The molecule has 0 aliphatic carbocycles.